The number of nitrogens with one attached hydrogen (secondary N) is 1. The van der Waals surface area contributed by atoms with Crippen LogP contribution in [0.3, 0.4) is 0 Å². The second kappa shape index (κ2) is 5.13. The van der Waals surface area contributed by atoms with Crippen LogP contribution in [-0.2, 0) is 0 Å². The lowest BCUT2D eigenvalue weighted by Crippen LogP contribution is -2.26. The Morgan fingerprint density at radius 2 is 1.93 bits per heavy atom. The first kappa shape index (κ1) is 10.4. The maximum absolute atomic E-state index is 10.1. The molecule has 0 amide bonds. The Hall–Kier alpha value is -0.0800. The van der Waals surface area contributed by atoms with Gasteiger partial charge < -0.3 is 10.4 Å². The van der Waals surface area contributed by atoms with E-state index < -0.39 is 0 Å². The molecule has 0 spiro atoms. The molecule has 1 saturated carbocycles. The van der Waals surface area contributed by atoms with Crippen LogP contribution < -0.4 is 5.32 Å². The fraction of sp³-hybridized carbons (Fsp3) is 1.00. The SMILES string of the molecule is OC(CC1CCCCC1)[C@@H]1CCNC1. The van der Waals surface area contributed by atoms with Crippen LogP contribution in [0.4, 0.5) is 0 Å². The molecule has 2 heteroatoms. The molecule has 2 rings (SSSR count). The second-order valence-electron chi connectivity index (χ2n) is 5.06. The molecule has 0 aromatic heterocycles. The van der Waals surface area contributed by atoms with Crippen molar-refractivity contribution >= 4 is 0 Å². The van der Waals surface area contributed by atoms with Crippen molar-refractivity contribution in [3.63, 3.8) is 0 Å². The monoisotopic (exact) mass is 197 g/mol. The lowest BCUT2D eigenvalue weighted by Gasteiger charge is -2.26. The van der Waals surface area contributed by atoms with Gasteiger partial charge in [-0.25, -0.2) is 0 Å². The second-order valence-corrected chi connectivity index (χ2v) is 5.06. The minimum absolute atomic E-state index is 0.0342. The van der Waals surface area contributed by atoms with Gasteiger partial charge in [0, 0.05) is 6.54 Å². The molecule has 2 aliphatic rings. The van der Waals surface area contributed by atoms with Crippen LogP contribution in [0.2, 0.25) is 0 Å². The predicted octanol–water partition coefficient (Wildman–Crippen LogP) is 1.93. The highest BCUT2D eigenvalue weighted by Gasteiger charge is 2.26. The highest BCUT2D eigenvalue weighted by molar-refractivity contribution is 4.80. The van der Waals surface area contributed by atoms with Crippen molar-refractivity contribution in [2.75, 3.05) is 13.1 Å². The Labute approximate surface area is 87.1 Å². The first-order valence-corrected chi connectivity index (χ1v) is 6.25. The highest BCUT2D eigenvalue weighted by Crippen LogP contribution is 2.29. The third-order valence-corrected chi connectivity index (χ3v) is 3.94. The predicted molar refractivity (Wildman–Crippen MR) is 58.2 cm³/mol. The Morgan fingerprint density at radius 1 is 1.14 bits per heavy atom. The zero-order valence-corrected chi connectivity index (χ0v) is 9.04. The summed E-state index contributed by atoms with van der Waals surface area (Å²) in [4.78, 5) is 0. The van der Waals surface area contributed by atoms with Gasteiger partial charge in [-0.15, -0.1) is 0 Å². The van der Waals surface area contributed by atoms with Gasteiger partial charge in [-0.05, 0) is 31.2 Å². The van der Waals surface area contributed by atoms with Gasteiger partial charge in [0.05, 0.1) is 6.10 Å². The molecule has 0 aromatic carbocycles. The van der Waals surface area contributed by atoms with Crippen molar-refractivity contribution in [3.05, 3.63) is 0 Å². The molecule has 1 heterocycles. The molecule has 1 saturated heterocycles. The zero-order chi connectivity index (χ0) is 9.80. The molecule has 0 bridgehead atoms. The summed E-state index contributed by atoms with van der Waals surface area (Å²) in [6.45, 7) is 2.14. The minimum Gasteiger partial charge on any atom is -0.393 e. The summed E-state index contributed by atoms with van der Waals surface area (Å²) in [5.41, 5.74) is 0. The van der Waals surface area contributed by atoms with Crippen molar-refractivity contribution in [1.29, 1.82) is 0 Å². The molecule has 2 atom stereocenters. The lowest BCUT2D eigenvalue weighted by atomic mass is 9.83. The molecule has 0 radical (unpaired) electrons. The fourth-order valence-electron chi connectivity index (χ4n) is 2.96. The maximum atomic E-state index is 10.1. The quantitative estimate of drug-likeness (QED) is 0.724. The van der Waals surface area contributed by atoms with Crippen molar-refractivity contribution < 1.29 is 5.11 Å². The Morgan fingerprint density at radius 3 is 2.57 bits per heavy atom. The van der Waals surface area contributed by atoms with Gasteiger partial charge in [0.2, 0.25) is 0 Å². The van der Waals surface area contributed by atoms with Gasteiger partial charge >= 0.3 is 0 Å². The standard InChI is InChI=1S/C12H23NO/c14-12(11-6-7-13-9-11)8-10-4-2-1-3-5-10/h10-14H,1-9H2/t11-,12?/m1/s1. The molecular formula is C12H23NO. The Kier molecular flexibility index (Phi) is 3.82. The number of aliphatic hydroxyl groups is 1. The van der Waals surface area contributed by atoms with E-state index in [2.05, 4.69) is 5.32 Å². The first-order chi connectivity index (χ1) is 6.86. The van der Waals surface area contributed by atoms with Crippen LogP contribution in [0.25, 0.3) is 0 Å². The average Bonchev–Trinajstić information content (AvgIpc) is 2.72. The molecule has 1 aliphatic heterocycles. The van der Waals surface area contributed by atoms with Gasteiger partial charge in [-0.2, -0.15) is 0 Å². The van der Waals surface area contributed by atoms with Crippen molar-refractivity contribution in [1.82, 2.24) is 5.32 Å². The van der Waals surface area contributed by atoms with Crippen LogP contribution >= 0.6 is 0 Å². The van der Waals surface area contributed by atoms with E-state index >= 15 is 0 Å². The average molecular weight is 197 g/mol. The van der Waals surface area contributed by atoms with Gasteiger partial charge in [0.25, 0.3) is 0 Å². The van der Waals surface area contributed by atoms with E-state index in [1.54, 1.807) is 0 Å². The summed E-state index contributed by atoms with van der Waals surface area (Å²) in [5, 5.41) is 13.4. The number of aliphatic hydroxyl groups excluding tert-OH is 1. The minimum atomic E-state index is -0.0342. The smallest absolute Gasteiger partial charge is 0.0583 e. The third-order valence-electron chi connectivity index (χ3n) is 3.94. The molecule has 2 N–H and O–H groups in total. The molecular weight excluding hydrogens is 174 g/mol. The van der Waals surface area contributed by atoms with Crippen molar-refractivity contribution in [2.24, 2.45) is 11.8 Å². The van der Waals surface area contributed by atoms with E-state index in [9.17, 15) is 5.11 Å². The van der Waals surface area contributed by atoms with Gasteiger partial charge in [-0.3, -0.25) is 0 Å². The molecule has 82 valence electrons. The highest BCUT2D eigenvalue weighted by atomic mass is 16.3. The fourth-order valence-corrected chi connectivity index (χ4v) is 2.96. The molecule has 1 aliphatic carbocycles. The number of hydrogen-bond donors (Lipinski definition) is 2. The van der Waals surface area contributed by atoms with Crippen LogP contribution in [0, 0.1) is 11.8 Å². The van der Waals surface area contributed by atoms with Crippen LogP contribution in [0.1, 0.15) is 44.9 Å². The van der Waals surface area contributed by atoms with Gasteiger partial charge in [-0.1, -0.05) is 32.1 Å². The van der Waals surface area contributed by atoms with Crippen molar-refractivity contribution in [2.45, 2.75) is 51.0 Å². The van der Waals surface area contributed by atoms with E-state index in [-0.39, 0.29) is 6.10 Å². The largest absolute Gasteiger partial charge is 0.393 e. The normalized spacial score (nSPS) is 31.9. The summed E-state index contributed by atoms with van der Waals surface area (Å²) < 4.78 is 0. The summed E-state index contributed by atoms with van der Waals surface area (Å²) >= 11 is 0. The molecule has 2 nitrogen and oxygen atoms in total. The van der Waals surface area contributed by atoms with Crippen LogP contribution in [-0.4, -0.2) is 24.3 Å². The topological polar surface area (TPSA) is 32.3 Å². The lowest BCUT2D eigenvalue weighted by molar-refractivity contribution is 0.0820. The van der Waals surface area contributed by atoms with Crippen LogP contribution in [0.15, 0.2) is 0 Å². The van der Waals surface area contributed by atoms with Gasteiger partial charge in [0.15, 0.2) is 0 Å². The Bertz CT molecular complexity index is 160. The number of hydrogen-bond acceptors (Lipinski definition) is 2. The first-order valence-electron chi connectivity index (χ1n) is 6.25. The molecule has 2 fully saturated rings. The molecule has 0 aromatic rings. The maximum Gasteiger partial charge on any atom is 0.0583 e. The van der Waals surface area contributed by atoms with Gasteiger partial charge in [0.1, 0.15) is 0 Å². The van der Waals surface area contributed by atoms with E-state index in [0.29, 0.717) is 5.92 Å². The van der Waals surface area contributed by atoms with Crippen LogP contribution in [0.5, 0.6) is 0 Å². The molecule has 14 heavy (non-hydrogen) atoms. The summed E-state index contributed by atoms with van der Waals surface area (Å²) in [6.07, 6.45) is 9.11. The molecule has 1 unspecified atom stereocenters. The summed E-state index contributed by atoms with van der Waals surface area (Å²) in [7, 11) is 0. The van der Waals surface area contributed by atoms with E-state index in [0.717, 1.165) is 25.4 Å². The van der Waals surface area contributed by atoms with E-state index in [1.165, 1.54) is 38.5 Å². The summed E-state index contributed by atoms with van der Waals surface area (Å²) in [5.74, 6) is 1.36. The van der Waals surface area contributed by atoms with E-state index in [1.807, 2.05) is 0 Å². The Balaban J connectivity index is 1.72. The summed E-state index contributed by atoms with van der Waals surface area (Å²) in [6, 6.07) is 0. The number of rotatable bonds is 3. The zero-order valence-electron chi connectivity index (χ0n) is 9.04. The third kappa shape index (κ3) is 2.71. The van der Waals surface area contributed by atoms with Crippen molar-refractivity contribution in [3.8, 4) is 0 Å². The van der Waals surface area contributed by atoms with E-state index in [4.69, 9.17) is 0 Å².